The van der Waals surface area contributed by atoms with E-state index in [1.165, 1.54) is 0 Å². The van der Waals surface area contributed by atoms with Gasteiger partial charge in [0.25, 0.3) is 0 Å². The van der Waals surface area contributed by atoms with E-state index in [0.29, 0.717) is 0 Å². The van der Waals surface area contributed by atoms with Crippen LogP contribution in [0.3, 0.4) is 0 Å². The van der Waals surface area contributed by atoms with Gasteiger partial charge in [0.15, 0.2) is 5.62 Å². The summed E-state index contributed by atoms with van der Waals surface area (Å²) in [7, 11) is 0. The summed E-state index contributed by atoms with van der Waals surface area (Å²) in [6.07, 6.45) is 0. The molecular formula is C3H5OS. The first-order chi connectivity index (χ1) is 2.41. The number of rotatable bonds is 2. The van der Waals surface area contributed by atoms with Gasteiger partial charge in [-0.25, -0.2) is 0 Å². The number of hydrogen-bond acceptors (Lipinski definition) is 2. The van der Waals surface area contributed by atoms with E-state index < -0.39 is 0 Å². The molecule has 0 aromatic carbocycles. The Balaban J connectivity index is 2.40. The van der Waals surface area contributed by atoms with Crippen molar-refractivity contribution in [2.75, 3.05) is 0 Å². The molecule has 0 bridgehead atoms. The van der Waals surface area contributed by atoms with Crippen LogP contribution in [-0.4, -0.2) is 5.62 Å². The third-order valence-electron chi connectivity index (χ3n) is 0.192. The van der Waals surface area contributed by atoms with E-state index in [2.05, 4.69) is 0 Å². The molecule has 0 heterocycles. The van der Waals surface area contributed by atoms with Gasteiger partial charge >= 0.3 is 0 Å². The van der Waals surface area contributed by atoms with Gasteiger partial charge in [0.1, 0.15) is 0 Å². The largest absolute Gasteiger partial charge is 0.291 e. The molecule has 0 saturated heterocycles. The van der Waals surface area contributed by atoms with Gasteiger partial charge in [-0.05, 0) is 0 Å². The van der Waals surface area contributed by atoms with Crippen LogP contribution in [0.25, 0.3) is 0 Å². The van der Waals surface area contributed by atoms with Crippen molar-refractivity contribution >= 4 is 17.4 Å². The van der Waals surface area contributed by atoms with Crippen molar-refractivity contribution in [2.24, 2.45) is 0 Å². The second kappa shape index (κ2) is 4.02. The van der Waals surface area contributed by atoms with Gasteiger partial charge in [-0.1, -0.05) is 18.7 Å². The summed E-state index contributed by atoms with van der Waals surface area (Å²) < 4.78 is 0. The molecule has 0 unspecified atom stereocenters. The highest BCUT2D eigenvalue weighted by atomic mass is 32.2. The SMILES string of the molecule is C[CH]SC=O. The molecule has 0 aromatic rings. The summed E-state index contributed by atoms with van der Waals surface area (Å²) in [5, 5.41) is 0. The van der Waals surface area contributed by atoms with Crippen LogP contribution in [0.5, 0.6) is 0 Å². The second-order valence-electron chi connectivity index (χ2n) is 0.468. The standard InChI is InChI=1S/C3H5OS/c1-2-5-3-4/h2-3H,1H3. The Kier molecular flexibility index (Phi) is 4.04. The van der Waals surface area contributed by atoms with Crippen LogP contribution >= 0.6 is 11.8 Å². The van der Waals surface area contributed by atoms with E-state index in [1.54, 1.807) is 5.75 Å². The summed E-state index contributed by atoms with van der Waals surface area (Å²) in [6.45, 7) is 1.82. The molecule has 0 spiro atoms. The van der Waals surface area contributed by atoms with E-state index in [-0.39, 0.29) is 0 Å². The molecule has 0 atom stereocenters. The van der Waals surface area contributed by atoms with E-state index in [4.69, 9.17) is 0 Å². The fraction of sp³-hybridized carbons (Fsp3) is 0.333. The highest BCUT2D eigenvalue weighted by molar-refractivity contribution is 8.13. The van der Waals surface area contributed by atoms with Crippen LogP contribution in [0.1, 0.15) is 6.92 Å². The fourth-order valence-electron chi connectivity index (χ4n) is 0.0556. The Labute approximate surface area is 35.8 Å². The van der Waals surface area contributed by atoms with Gasteiger partial charge in [-0.2, -0.15) is 0 Å². The molecular weight excluding hydrogens is 84.1 g/mol. The van der Waals surface area contributed by atoms with Crippen molar-refractivity contribution < 1.29 is 4.79 Å². The van der Waals surface area contributed by atoms with Crippen LogP contribution in [0, 0.1) is 5.75 Å². The molecule has 1 nitrogen and oxygen atoms in total. The molecule has 29 valence electrons. The second-order valence-corrected chi connectivity index (χ2v) is 1.40. The van der Waals surface area contributed by atoms with Gasteiger partial charge in [0, 0.05) is 5.75 Å². The molecule has 0 aromatic heterocycles. The topological polar surface area (TPSA) is 17.1 Å². The van der Waals surface area contributed by atoms with Crippen LogP contribution in [0.2, 0.25) is 0 Å². The molecule has 0 rings (SSSR count). The molecule has 5 heavy (non-hydrogen) atoms. The number of carbonyl (C=O) groups excluding carboxylic acids is 1. The van der Waals surface area contributed by atoms with Crippen molar-refractivity contribution in [3.63, 3.8) is 0 Å². The number of thioether (sulfide) groups is 1. The quantitative estimate of drug-likeness (QED) is 0.471. The van der Waals surface area contributed by atoms with Gasteiger partial charge in [-0.3, -0.25) is 4.79 Å². The highest BCUT2D eigenvalue weighted by Gasteiger charge is 1.67. The smallest absolute Gasteiger partial charge is 0.176 e. The molecule has 1 radical (unpaired) electrons. The van der Waals surface area contributed by atoms with Crippen LogP contribution in [0.4, 0.5) is 0 Å². The maximum absolute atomic E-state index is 9.34. The van der Waals surface area contributed by atoms with E-state index in [0.717, 1.165) is 17.4 Å². The molecule has 2 heteroatoms. The van der Waals surface area contributed by atoms with Crippen molar-refractivity contribution in [1.82, 2.24) is 0 Å². The summed E-state index contributed by atoms with van der Waals surface area (Å²) >= 11 is 1.16. The molecule has 0 saturated carbocycles. The predicted molar refractivity (Wildman–Crippen MR) is 24.3 cm³/mol. The number of carbonyl (C=O) groups is 1. The fourth-order valence-corrected chi connectivity index (χ4v) is 0.167. The van der Waals surface area contributed by atoms with Crippen LogP contribution in [-0.2, 0) is 4.79 Å². The first-order valence-corrected chi connectivity index (χ1v) is 2.23. The lowest BCUT2D eigenvalue weighted by atomic mass is 11.0. The van der Waals surface area contributed by atoms with E-state index >= 15 is 0 Å². The Morgan fingerprint density at radius 1 is 1.80 bits per heavy atom. The number of hydrogen-bond donors (Lipinski definition) is 0. The average Bonchev–Trinajstić information content (AvgIpc) is 1.41. The summed E-state index contributed by atoms with van der Waals surface area (Å²) in [5.41, 5.74) is 0.792. The van der Waals surface area contributed by atoms with Crippen molar-refractivity contribution in [1.29, 1.82) is 0 Å². The molecule has 0 aliphatic carbocycles. The van der Waals surface area contributed by atoms with Crippen LogP contribution < -0.4 is 0 Å². The molecule has 0 N–H and O–H groups in total. The van der Waals surface area contributed by atoms with Gasteiger partial charge < -0.3 is 0 Å². The Morgan fingerprint density at radius 3 is 2.40 bits per heavy atom. The van der Waals surface area contributed by atoms with Crippen molar-refractivity contribution in [3.05, 3.63) is 5.75 Å². The van der Waals surface area contributed by atoms with E-state index in [1.807, 2.05) is 6.92 Å². The lowest BCUT2D eigenvalue weighted by Crippen LogP contribution is -1.51. The lowest BCUT2D eigenvalue weighted by Gasteiger charge is -1.68. The average molecular weight is 89.1 g/mol. The Hall–Kier alpha value is 0.0200. The summed E-state index contributed by atoms with van der Waals surface area (Å²) in [4.78, 5) is 9.34. The Bertz CT molecular complexity index is 28.1. The highest BCUT2D eigenvalue weighted by Crippen LogP contribution is 1.93. The maximum Gasteiger partial charge on any atom is 0.176 e. The maximum atomic E-state index is 9.34. The molecule has 0 fully saturated rings. The minimum Gasteiger partial charge on any atom is -0.291 e. The summed E-state index contributed by atoms with van der Waals surface area (Å²) in [6, 6.07) is 0. The zero-order chi connectivity index (χ0) is 4.12. The monoisotopic (exact) mass is 89.0 g/mol. The normalized spacial score (nSPS) is 7.40. The van der Waals surface area contributed by atoms with Gasteiger partial charge in [0.05, 0.1) is 0 Å². The predicted octanol–water partition coefficient (Wildman–Crippen LogP) is 1.09. The minimum absolute atomic E-state index is 0.792. The molecule has 0 aliphatic rings. The third-order valence-corrected chi connectivity index (χ3v) is 0.575. The molecule has 0 amide bonds. The van der Waals surface area contributed by atoms with Crippen LogP contribution in [0.15, 0.2) is 0 Å². The first-order valence-electron chi connectivity index (χ1n) is 1.28. The van der Waals surface area contributed by atoms with Crippen molar-refractivity contribution in [3.8, 4) is 0 Å². The van der Waals surface area contributed by atoms with Gasteiger partial charge in [-0.15, -0.1) is 0 Å². The molecule has 0 aliphatic heterocycles. The first kappa shape index (κ1) is 5.02. The van der Waals surface area contributed by atoms with E-state index in [9.17, 15) is 4.79 Å². The van der Waals surface area contributed by atoms with Gasteiger partial charge in [0.2, 0.25) is 0 Å². The lowest BCUT2D eigenvalue weighted by molar-refractivity contribution is 0.570. The Morgan fingerprint density at radius 2 is 2.40 bits per heavy atom. The third kappa shape index (κ3) is 4.02. The van der Waals surface area contributed by atoms with Crippen molar-refractivity contribution in [2.45, 2.75) is 6.92 Å². The zero-order valence-corrected chi connectivity index (χ0v) is 3.79. The zero-order valence-electron chi connectivity index (χ0n) is 2.97. The summed E-state index contributed by atoms with van der Waals surface area (Å²) in [5.74, 6) is 1.73. The minimum atomic E-state index is 0.792.